The van der Waals surface area contributed by atoms with Gasteiger partial charge in [0.05, 0.1) is 30.8 Å². The molecule has 1 aliphatic rings. The van der Waals surface area contributed by atoms with Crippen molar-refractivity contribution in [2.75, 3.05) is 20.3 Å². The van der Waals surface area contributed by atoms with Crippen molar-refractivity contribution in [3.8, 4) is 11.5 Å². The molecule has 0 aliphatic carbocycles. The van der Waals surface area contributed by atoms with Crippen molar-refractivity contribution in [2.24, 2.45) is 0 Å². The fraction of sp³-hybridized carbons (Fsp3) is 0.417. The lowest BCUT2D eigenvalue weighted by molar-refractivity contribution is -0.131. The second-order valence-electron chi connectivity index (χ2n) is 7.59. The Labute approximate surface area is 177 Å². The fourth-order valence-electron chi connectivity index (χ4n) is 4.20. The van der Waals surface area contributed by atoms with Crippen LogP contribution < -0.4 is 9.47 Å². The molecule has 1 aliphatic heterocycles. The number of ether oxygens (including phenoxy) is 2. The van der Waals surface area contributed by atoms with Crippen LogP contribution in [0.5, 0.6) is 11.5 Å². The molecule has 1 fully saturated rings. The summed E-state index contributed by atoms with van der Waals surface area (Å²) in [5, 5.41) is 0. The van der Waals surface area contributed by atoms with E-state index in [1.165, 1.54) is 0 Å². The van der Waals surface area contributed by atoms with Gasteiger partial charge in [0.2, 0.25) is 5.91 Å². The van der Waals surface area contributed by atoms with Gasteiger partial charge in [0.1, 0.15) is 17.3 Å². The number of hydrogen-bond acceptors (Lipinski definition) is 4. The molecule has 1 amide bonds. The van der Waals surface area contributed by atoms with Crippen LogP contribution >= 0.6 is 0 Å². The first-order valence-corrected chi connectivity index (χ1v) is 10.7. The number of imidazole rings is 1. The van der Waals surface area contributed by atoms with Gasteiger partial charge in [0, 0.05) is 19.5 Å². The van der Waals surface area contributed by atoms with Crippen LogP contribution in [-0.2, 0) is 11.3 Å². The molecular weight excluding hydrogens is 378 g/mol. The molecule has 6 heteroatoms. The highest BCUT2D eigenvalue weighted by atomic mass is 16.5. The topological polar surface area (TPSA) is 56.6 Å². The molecule has 1 atom stereocenters. The number of aryl methyl sites for hydroxylation is 1. The van der Waals surface area contributed by atoms with Crippen LogP contribution in [0.1, 0.15) is 44.5 Å². The fourth-order valence-corrected chi connectivity index (χ4v) is 4.20. The Kier molecular flexibility index (Phi) is 6.21. The number of para-hydroxylation sites is 2. The van der Waals surface area contributed by atoms with E-state index in [4.69, 9.17) is 14.5 Å². The van der Waals surface area contributed by atoms with E-state index in [9.17, 15) is 4.79 Å². The monoisotopic (exact) mass is 407 g/mol. The molecule has 1 saturated heterocycles. The van der Waals surface area contributed by atoms with E-state index in [0.717, 1.165) is 60.7 Å². The maximum Gasteiger partial charge on any atom is 0.222 e. The molecule has 2 aromatic carbocycles. The number of likely N-dealkylation sites (tertiary alicyclic amines) is 1. The van der Waals surface area contributed by atoms with E-state index < -0.39 is 0 Å². The van der Waals surface area contributed by atoms with Crippen LogP contribution in [0.15, 0.2) is 48.5 Å². The number of methoxy groups -OCH3 is 1. The second-order valence-corrected chi connectivity index (χ2v) is 7.59. The molecule has 158 valence electrons. The standard InChI is InChI=1S/C24H29N3O3/c1-3-23(28)26-15-6-10-22(26)24-25-20-8-4-5-9-21(20)27(24)16-7-17-30-19-13-11-18(29-2)12-14-19/h4-5,8-9,11-14,22H,3,6-7,10,15-17H2,1-2H3. The van der Waals surface area contributed by atoms with E-state index in [1.54, 1.807) is 7.11 Å². The van der Waals surface area contributed by atoms with Crippen molar-refractivity contribution < 1.29 is 14.3 Å². The number of carbonyl (C=O) groups is 1. The van der Waals surface area contributed by atoms with Crippen molar-refractivity contribution in [3.05, 3.63) is 54.4 Å². The summed E-state index contributed by atoms with van der Waals surface area (Å²) in [6.45, 7) is 4.16. The summed E-state index contributed by atoms with van der Waals surface area (Å²) in [6, 6.07) is 15.9. The van der Waals surface area contributed by atoms with Crippen molar-refractivity contribution in [3.63, 3.8) is 0 Å². The third-order valence-corrected chi connectivity index (χ3v) is 5.71. The minimum atomic E-state index is 0.0624. The van der Waals surface area contributed by atoms with Gasteiger partial charge in [-0.05, 0) is 55.7 Å². The van der Waals surface area contributed by atoms with Crippen molar-refractivity contribution in [2.45, 2.75) is 45.2 Å². The van der Waals surface area contributed by atoms with Gasteiger partial charge in [0.15, 0.2) is 0 Å². The minimum Gasteiger partial charge on any atom is -0.497 e. The SMILES string of the molecule is CCC(=O)N1CCCC1c1nc2ccccc2n1CCCOc1ccc(OC)cc1. The number of benzene rings is 2. The zero-order valence-corrected chi connectivity index (χ0v) is 17.7. The molecule has 2 heterocycles. The molecular formula is C24H29N3O3. The number of nitrogens with zero attached hydrogens (tertiary/aromatic N) is 3. The molecule has 0 N–H and O–H groups in total. The zero-order chi connectivity index (χ0) is 20.9. The molecule has 1 unspecified atom stereocenters. The summed E-state index contributed by atoms with van der Waals surface area (Å²) in [6.07, 6.45) is 3.39. The van der Waals surface area contributed by atoms with Crippen LogP contribution in [0.3, 0.4) is 0 Å². The maximum absolute atomic E-state index is 12.4. The number of rotatable bonds is 8. The normalized spacial score (nSPS) is 16.2. The molecule has 6 nitrogen and oxygen atoms in total. The lowest BCUT2D eigenvalue weighted by Crippen LogP contribution is -2.31. The van der Waals surface area contributed by atoms with Gasteiger partial charge >= 0.3 is 0 Å². The zero-order valence-electron chi connectivity index (χ0n) is 17.7. The summed E-state index contributed by atoms with van der Waals surface area (Å²) in [4.78, 5) is 19.4. The molecule has 0 bridgehead atoms. The second kappa shape index (κ2) is 9.20. The predicted molar refractivity (Wildman–Crippen MR) is 117 cm³/mol. The lowest BCUT2D eigenvalue weighted by atomic mass is 10.2. The van der Waals surface area contributed by atoms with Crippen LogP contribution in [0.2, 0.25) is 0 Å². The number of hydrogen-bond donors (Lipinski definition) is 0. The lowest BCUT2D eigenvalue weighted by Gasteiger charge is -2.25. The molecule has 1 aromatic heterocycles. The van der Waals surface area contributed by atoms with Gasteiger partial charge in [-0.2, -0.15) is 0 Å². The third kappa shape index (κ3) is 4.13. The summed E-state index contributed by atoms with van der Waals surface area (Å²) in [5.41, 5.74) is 2.10. The Bertz CT molecular complexity index is 997. The Hall–Kier alpha value is -3.02. The van der Waals surface area contributed by atoms with Crippen LogP contribution in [-0.4, -0.2) is 40.6 Å². The first-order chi connectivity index (χ1) is 14.7. The molecule has 3 aromatic rings. The largest absolute Gasteiger partial charge is 0.497 e. The van der Waals surface area contributed by atoms with Crippen LogP contribution in [0, 0.1) is 0 Å². The average molecular weight is 408 g/mol. The van der Waals surface area contributed by atoms with Crippen LogP contribution in [0.4, 0.5) is 0 Å². The van der Waals surface area contributed by atoms with Gasteiger partial charge in [-0.3, -0.25) is 4.79 Å². The Morgan fingerprint density at radius 2 is 1.90 bits per heavy atom. The van der Waals surface area contributed by atoms with Crippen molar-refractivity contribution in [1.82, 2.24) is 14.5 Å². The highest BCUT2D eigenvalue weighted by Gasteiger charge is 2.32. The predicted octanol–water partition coefficient (Wildman–Crippen LogP) is 4.59. The number of carbonyl (C=O) groups excluding carboxylic acids is 1. The van der Waals surface area contributed by atoms with Crippen LogP contribution in [0.25, 0.3) is 11.0 Å². The number of fused-ring (bicyclic) bond motifs is 1. The van der Waals surface area contributed by atoms with Crippen molar-refractivity contribution >= 4 is 16.9 Å². The Morgan fingerprint density at radius 3 is 2.67 bits per heavy atom. The summed E-state index contributed by atoms with van der Waals surface area (Å²) in [5.74, 6) is 2.86. The molecule has 0 spiro atoms. The van der Waals surface area contributed by atoms with Gasteiger partial charge in [-0.15, -0.1) is 0 Å². The first-order valence-electron chi connectivity index (χ1n) is 10.7. The molecule has 30 heavy (non-hydrogen) atoms. The Balaban J connectivity index is 1.49. The van der Waals surface area contributed by atoms with E-state index in [1.807, 2.05) is 54.3 Å². The van der Waals surface area contributed by atoms with E-state index >= 15 is 0 Å². The summed E-state index contributed by atoms with van der Waals surface area (Å²) in [7, 11) is 1.66. The maximum atomic E-state index is 12.4. The highest BCUT2D eigenvalue weighted by molar-refractivity contribution is 5.78. The average Bonchev–Trinajstić information content (AvgIpc) is 3.41. The van der Waals surface area contributed by atoms with Gasteiger partial charge in [-0.25, -0.2) is 4.98 Å². The number of aromatic nitrogens is 2. The van der Waals surface area contributed by atoms with Gasteiger partial charge < -0.3 is 18.9 Å². The first kappa shape index (κ1) is 20.3. The quantitative estimate of drug-likeness (QED) is 0.513. The Morgan fingerprint density at radius 1 is 1.13 bits per heavy atom. The molecule has 4 rings (SSSR count). The molecule has 0 radical (unpaired) electrons. The minimum absolute atomic E-state index is 0.0624. The highest BCUT2D eigenvalue weighted by Crippen LogP contribution is 2.34. The van der Waals surface area contributed by atoms with Crippen molar-refractivity contribution in [1.29, 1.82) is 0 Å². The number of amides is 1. The summed E-state index contributed by atoms with van der Waals surface area (Å²) < 4.78 is 13.4. The van der Waals surface area contributed by atoms with E-state index in [-0.39, 0.29) is 11.9 Å². The third-order valence-electron chi connectivity index (χ3n) is 5.71. The van der Waals surface area contributed by atoms with Gasteiger partial charge in [-0.1, -0.05) is 19.1 Å². The van der Waals surface area contributed by atoms with E-state index in [2.05, 4.69) is 10.6 Å². The smallest absolute Gasteiger partial charge is 0.222 e. The molecule has 0 saturated carbocycles. The summed E-state index contributed by atoms with van der Waals surface area (Å²) >= 11 is 0. The van der Waals surface area contributed by atoms with E-state index in [0.29, 0.717) is 13.0 Å². The van der Waals surface area contributed by atoms with Gasteiger partial charge in [0.25, 0.3) is 0 Å².